The zero-order valence-corrected chi connectivity index (χ0v) is 28.5. The van der Waals surface area contributed by atoms with E-state index in [9.17, 15) is 0 Å². The second-order valence-corrected chi connectivity index (χ2v) is 17.8. The summed E-state index contributed by atoms with van der Waals surface area (Å²) in [5.41, 5.74) is 1.30. The number of fused-ring (bicyclic) bond motifs is 3. The lowest BCUT2D eigenvalue weighted by Crippen LogP contribution is -2.72. The molecule has 4 aliphatic carbocycles. The predicted molar refractivity (Wildman–Crippen MR) is 168 cm³/mol. The molecule has 0 nitrogen and oxygen atoms in total. The van der Waals surface area contributed by atoms with E-state index in [0.717, 1.165) is 82.9 Å². The van der Waals surface area contributed by atoms with E-state index >= 15 is 0 Å². The van der Waals surface area contributed by atoms with Crippen LogP contribution in [0.5, 0.6) is 0 Å². The van der Waals surface area contributed by atoms with Crippen LogP contribution in [0.15, 0.2) is 0 Å². The molecule has 15 unspecified atom stereocenters. The lowest BCUT2D eigenvalue weighted by molar-refractivity contribution is -0.297. The van der Waals surface area contributed by atoms with Crippen LogP contribution in [0.1, 0.15) is 142 Å². The first-order chi connectivity index (χ1) is 17.5. The fraction of sp³-hybridized carbons (Fsp3) is 1.00. The first kappa shape index (κ1) is 30.9. The summed E-state index contributed by atoms with van der Waals surface area (Å²) in [6.45, 7) is 37.4. The van der Waals surface area contributed by atoms with Crippen LogP contribution >= 0.6 is 0 Å². The summed E-state index contributed by atoms with van der Waals surface area (Å²) in [6, 6.07) is 0. The number of rotatable bonds is 6. The van der Waals surface area contributed by atoms with Crippen LogP contribution in [0.2, 0.25) is 0 Å². The molecule has 0 radical (unpaired) electrons. The summed E-state index contributed by atoms with van der Waals surface area (Å²) in [6.07, 6.45) is 10.2. The van der Waals surface area contributed by atoms with Crippen LogP contribution in [0.25, 0.3) is 0 Å². The SMILES string of the molecule is CC(C)CCC(C)CC1C2(C)C(C)C3CCCC(C)C3C(C)C2C(C)C2(C)C(C)C(C(C)C)C(C)CC12C. The summed E-state index contributed by atoms with van der Waals surface area (Å²) in [4.78, 5) is 0. The van der Waals surface area contributed by atoms with Crippen molar-refractivity contribution in [3.63, 3.8) is 0 Å². The number of hydrogen-bond donors (Lipinski definition) is 0. The van der Waals surface area contributed by atoms with Crippen LogP contribution in [0, 0.1) is 99.1 Å². The van der Waals surface area contributed by atoms with E-state index in [4.69, 9.17) is 0 Å². The van der Waals surface area contributed by atoms with Gasteiger partial charge in [0.2, 0.25) is 0 Å². The van der Waals surface area contributed by atoms with Crippen molar-refractivity contribution in [3.05, 3.63) is 0 Å². The van der Waals surface area contributed by atoms with Gasteiger partial charge in [-0.25, -0.2) is 0 Å². The van der Waals surface area contributed by atoms with Gasteiger partial charge in [-0.05, 0) is 118 Å². The first-order valence-electron chi connectivity index (χ1n) is 17.5. The summed E-state index contributed by atoms with van der Waals surface area (Å²) in [5, 5.41) is 0. The number of hydrogen-bond acceptors (Lipinski definition) is 0. The van der Waals surface area contributed by atoms with Gasteiger partial charge in [0.05, 0.1) is 0 Å². The topological polar surface area (TPSA) is 0 Å². The smallest absolute Gasteiger partial charge is 0.0212 e. The third-order valence-corrected chi connectivity index (χ3v) is 15.7. The minimum atomic E-state index is 0.416. The van der Waals surface area contributed by atoms with Gasteiger partial charge in [0.15, 0.2) is 0 Å². The average molecular weight is 527 g/mol. The van der Waals surface area contributed by atoms with Gasteiger partial charge in [0.25, 0.3) is 0 Å². The van der Waals surface area contributed by atoms with Crippen molar-refractivity contribution < 1.29 is 0 Å². The van der Waals surface area contributed by atoms with Gasteiger partial charge in [-0.2, -0.15) is 0 Å². The molecule has 0 bridgehead atoms. The van der Waals surface area contributed by atoms with Crippen molar-refractivity contribution in [1.29, 1.82) is 0 Å². The van der Waals surface area contributed by atoms with Gasteiger partial charge in [-0.1, -0.05) is 123 Å². The van der Waals surface area contributed by atoms with E-state index in [2.05, 4.69) is 96.9 Å². The minimum Gasteiger partial charge on any atom is -0.0628 e. The van der Waals surface area contributed by atoms with Crippen molar-refractivity contribution in [2.45, 2.75) is 142 Å². The van der Waals surface area contributed by atoms with Crippen LogP contribution in [-0.2, 0) is 0 Å². The van der Waals surface area contributed by atoms with Crippen molar-refractivity contribution in [3.8, 4) is 0 Å². The molecule has 0 N–H and O–H groups in total. The van der Waals surface area contributed by atoms with Crippen molar-refractivity contribution >= 4 is 0 Å². The highest BCUT2D eigenvalue weighted by atomic mass is 14.8. The summed E-state index contributed by atoms with van der Waals surface area (Å²) < 4.78 is 0. The normalized spacial score (nSPS) is 53.8. The average Bonchev–Trinajstić information content (AvgIpc) is 2.81. The molecule has 0 amide bonds. The maximum Gasteiger partial charge on any atom is -0.0212 e. The van der Waals surface area contributed by atoms with Gasteiger partial charge in [0, 0.05) is 0 Å². The van der Waals surface area contributed by atoms with Crippen LogP contribution in [0.3, 0.4) is 0 Å². The standard InChI is InChI=1S/C38H70/c1-22(2)18-19-24(5)20-32-36(12)21-26(7)33(23(3)4)29(10)38(36,14)30(11)35-27(8)34-25(6)16-15-17-31(34)28(9)37(32,35)13/h22-35H,15-21H2,1-14H3. The molecule has 4 aliphatic rings. The van der Waals surface area contributed by atoms with Crippen molar-refractivity contribution in [2.75, 3.05) is 0 Å². The zero-order valence-electron chi connectivity index (χ0n) is 28.5. The van der Waals surface area contributed by atoms with Gasteiger partial charge in [-0.3, -0.25) is 0 Å². The molecule has 0 aromatic carbocycles. The van der Waals surface area contributed by atoms with E-state index in [-0.39, 0.29) is 0 Å². The van der Waals surface area contributed by atoms with Crippen molar-refractivity contribution in [1.82, 2.24) is 0 Å². The van der Waals surface area contributed by atoms with Crippen molar-refractivity contribution in [2.24, 2.45) is 99.1 Å². The van der Waals surface area contributed by atoms with Crippen LogP contribution in [0.4, 0.5) is 0 Å². The summed E-state index contributed by atoms with van der Waals surface area (Å²) in [5.74, 6) is 12.0. The quantitative estimate of drug-likeness (QED) is 0.323. The lowest BCUT2D eigenvalue weighted by atomic mass is 9.27. The Balaban J connectivity index is 1.88. The molecule has 38 heavy (non-hydrogen) atoms. The fourth-order valence-electron chi connectivity index (χ4n) is 13.9. The van der Waals surface area contributed by atoms with Gasteiger partial charge >= 0.3 is 0 Å². The Morgan fingerprint density at radius 3 is 1.95 bits per heavy atom. The zero-order chi connectivity index (χ0) is 28.5. The maximum atomic E-state index is 2.87. The van der Waals surface area contributed by atoms with E-state index in [0.29, 0.717) is 16.2 Å². The molecule has 4 saturated carbocycles. The molecule has 0 spiro atoms. The second-order valence-electron chi connectivity index (χ2n) is 17.8. The maximum absolute atomic E-state index is 2.87. The molecule has 4 rings (SSSR count). The molecule has 0 aliphatic heterocycles. The Kier molecular flexibility index (Phi) is 8.70. The summed E-state index contributed by atoms with van der Waals surface area (Å²) >= 11 is 0. The van der Waals surface area contributed by atoms with E-state index < -0.39 is 0 Å². The highest BCUT2D eigenvalue weighted by Crippen LogP contribution is 2.78. The second kappa shape index (κ2) is 10.7. The molecule has 0 saturated heterocycles. The summed E-state index contributed by atoms with van der Waals surface area (Å²) in [7, 11) is 0. The molecular weight excluding hydrogens is 456 g/mol. The molecule has 0 heteroatoms. The molecule has 15 atom stereocenters. The lowest BCUT2D eigenvalue weighted by Gasteiger charge is -2.77. The molecule has 0 heterocycles. The monoisotopic (exact) mass is 527 g/mol. The van der Waals surface area contributed by atoms with E-state index in [1.165, 1.54) is 44.9 Å². The van der Waals surface area contributed by atoms with Crippen LogP contribution in [-0.4, -0.2) is 0 Å². The van der Waals surface area contributed by atoms with Gasteiger partial charge in [0.1, 0.15) is 0 Å². The first-order valence-corrected chi connectivity index (χ1v) is 17.5. The Bertz CT molecular complexity index is 809. The molecule has 222 valence electrons. The predicted octanol–water partition coefficient (Wildman–Crippen LogP) is 11.6. The Hall–Kier alpha value is 0. The van der Waals surface area contributed by atoms with Gasteiger partial charge < -0.3 is 0 Å². The largest absolute Gasteiger partial charge is 0.0628 e. The van der Waals surface area contributed by atoms with Gasteiger partial charge in [-0.15, -0.1) is 0 Å². The molecular formula is C38H70. The Morgan fingerprint density at radius 1 is 0.737 bits per heavy atom. The highest BCUT2D eigenvalue weighted by Gasteiger charge is 2.73. The fourth-order valence-corrected chi connectivity index (χ4v) is 13.9. The Morgan fingerprint density at radius 2 is 1.37 bits per heavy atom. The van der Waals surface area contributed by atoms with Crippen LogP contribution < -0.4 is 0 Å². The third-order valence-electron chi connectivity index (χ3n) is 15.7. The Labute approximate surface area is 240 Å². The minimum absolute atomic E-state index is 0.416. The van der Waals surface area contributed by atoms with E-state index in [1.807, 2.05) is 0 Å². The highest BCUT2D eigenvalue weighted by molar-refractivity contribution is 5.20. The van der Waals surface area contributed by atoms with E-state index in [1.54, 1.807) is 0 Å². The molecule has 4 fully saturated rings. The molecule has 0 aromatic heterocycles. The third kappa shape index (κ3) is 4.32. The molecule has 0 aromatic rings.